The summed E-state index contributed by atoms with van der Waals surface area (Å²) in [5, 5.41) is 12.2. The van der Waals surface area contributed by atoms with E-state index in [4.69, 9.17) is 22.4 Å². The molecule has 2 rings (SSSR count). The molecule has 6 nitrogen and oxygen atoms in total. The van der Waals surface area contributed by atoms with E-state index in [9.17, 15) is 14.4 Å². The Bertz CT molecular complexity index is 830. The Hall–Kier alpha value is -2.22. The fraction of sp³-hybridized carbons (Fsp3) is 0.235. The van der Waals surface area contributed by atoms with Crippen LogP contribution in [0.2, 0.25) is 5.02 Å². The van der Waals surface area contributed by atoms with Crippen LogP contribution in [-0.2, 0) is 9.59 Å². The fourth-order valence-corrected chi connectivity index (χ4v) is 3.41. The van der Waals surface area contributed by atoms with Gasteiger partial charge in [-0.2, -0.15) is 0 Å². The van der Waals surface area contributed by atoms with Crippen LogP contribution in [0.4, 0.5) is 5.00 Å². The van der Waals surface area contributed by atoms with E-state index >= 15 is 0 Å². The smallest absolute Gasteiger partial charge is 0.305 e. The first-order valence-corrected chi connectivity index (χ1v) is 8.58. The number of carbonyl (C=O) groups is 3. The van der Waals surface area contributed by atoms with Gasteiger partial charge in [0.25, 0.3) is 0 Å². The summed E-state index contributed by atoms with van der Waals surface area (Å²) in [6.45, 7) is 3.63. The summed E-state index contributed by atoms with van der Waals surface area (Å²) in [5.74, 6) is -2.06. The van der Waals surface area contributed by atoms with Crippen LogP contribution in [0.15, 0.2) is 24.3 Å². The van der Waals surface area contributed by atoms with Crippen LogP contribution in [0.5, 0.6) is 0 Å². The number of benzene rings is 1. The van der Waals surface area contributed by atoms with E-state index in [0.29, 0.717) is 21.2 Å². The summed E-state index contributed by atoms with van der Waals surface area (Å²) in [6, 6.07) is 5.26. The van der Waals surface area contributed by atoms with Crippen molar-refractivity contribution in [2.45, 2.75) is 26.3 Å². The summed E-state index contributed by atoms with van der Waals surface area (Å²) in [6.07, 6.45) is -0.490. The molecule has 0 fully saturated rings. The van der Waals surface area contributed by atoms with Crippen LogP contribution < -0.4 is 11.1 Å². The number of rotatable bonds is 6. The Labute approximate surface area is 153 Å². The van der Waals surface area contributed by atoms with E-state index < -0.39 is 24.3 Å². The van der Waals surface area contributed by atoms with Gasteiger partial charge >= 0.3 is 5.97 Å². The van der Waals surface area contributed by atoms with Crippen LogP contribution in [-0.4, -0.2) is 28.8 Å². The molecular weight excluding hydrogens is 364 g/mol. The molecule has 0 aliphatic carbocycles. The lowest BCUT2D eigenvalue weighted by Crippen LogP contribution is -2.37. The third-order valence-electron chi connectivity index (χ3n) is 3.69. The molecule has 0 aliphatic heterocycles. The molecule has 0 spiro atoms. The van der Waals surface area contributed by atoms with E-state index in [0.717, 1.165) is 10.4 Å². The van der Waals surface area contributed by atoms with Gasteiger partial charge in [0.05, 0.1) is 18.0 Å². The third kappa shape index (κ3) is 4.45. The van der Waals surface area contributed by atoms with Crippen LogP contribution in [0.3, 0.4) is 0 Å². The Kier molecular flexibility index (Phi) is 5.94. The molecule has 0 aliphatic rings. The average Bonchev–Trinajstić information content (AvgIpc) is 2.81. The minimum absolute atomic E-state index is 0.249. The molecule has 132 valence electrons. The van der Waals surface area contributed by atoms with Gasteiger partial charge in [0.2, 0.25) is 5.91 Å². The first-order chi connectivity index (χ1) is 11.7. The van der Waals surface area contributed by atoms with Gasteiger partial charge in [-0.25, -0.2) is 0 Å². The van der Waals surface area contributed by atoms with Crippen molar-refractivity contribution in [3.8, 4) is 0 Å². The zero-order chi connectivity index (χ0) is 18.7. The molecule has 0 unspecified atom stereocenters. The fourth-order valence-electron chi connectivity index (χ4n) is 2.22. The maximum atomic E-state index is 12.8. The minimum Gasteiger partial charge on any atom is -0.481 e. The lowest BCUT2D eigenvalue weighted by atomic mass is 10.0. The molecule has 2 aromatic rings. The number of hydrogen-bond acceptors (Lipinski definition) is 5. The van der Waals surface area contributed by atoms with E-state index in [-0.39, 0.29) is 5.78 Å². The van der Waals surface area contributed by atoms with Crippen LogP contribution in [0.1, 0.15) is 32.8 Å². The number of hydrogen-bond donors (Lipinski definition) is 3. The first kappa shape index (κ1) is 19.1. The van der Waals surface area contributed by atoms with E-state index in [1.807, 2.05) is 6.92 Å². The SMILES string of the molecule is Cc1sc(NC(=O)[C@H](N)CC(=O)O)c(C(=O)c2ccc(Cl)cc2)c1C. The van der Waals surface area contributed by atoms with Crippen molar-refractivity contribution in [3.63, 3.8) is 0 Å². The predicted octanol–water partition coefficient (Wildman–Crippen LogP) is 2.99. The highest BCUT2D eigenvalue weighted by Crippen LogP contribution is 2.34. The molecular formula is C17H17ClN2O4S. The molecule has 0 saturated carbocycles. The maximum absolute atomic E-state index is 12.8. The maximum Gasteiger partial charge on any atom is 0.305 e. The van der Waals surface area contributed by atoms with Gasteiger partial charge in [0, 0.05) is 15.5 Å². The topological polar surface area (TPSA) is 109 Å². The minimum atomic E-state index is -1.20. The molecule has 1 heterocycles. The number of carboxylic acid groups (broad SMARTS) is 1. The van der Waals surface area contributed by atoms with Gasteiger partial charge in [-0.3, -0.25) is 14.4 Å². The largest absolute Gasteiger partial charge is 0.481 e. The van der Waals surface area contributed by atoms with Gasteiger partial charge in [-0.1, -0.05) is 11.6 Å². The highest BCUT2D eigenvalue weighted by atomic mass is 35.5. The van der Waals surface area contributed by atoms with Gasteiger partial charge in [0.15, 0.2) is 5.78 Å². The Balaban J connectivity index is 2.33. The van der Waals surface area contributed by atoms with Crippen LogP contribution in [0, 0.1) is 13.8 Å². The Morgan fingerprint density at radius 2 is 1.84 bits per heavy atom. The number of ketones is 1. The number of nitrogens with one attached hydrogen (secondary N) is 1. The van der Waals surface area contributed by atoms with Crippen molar-refractivity contribution in [1.29, 1.82) is 0 Å². The summed E-state index contributed by atoms with van der Waals surface area (Å²) in [4.78, 5) is 36.5. The predicted molar refractivity (Wildman–Crippen MR) is 97.5 cm³/mol. The standard InChI is InChI=1S/C17H17ClN2O4S/c1-8-9(2)25-17(20-16(24)12(19)7-13(21)22)14(8)15(23)10-3-5-11(18)6-4-10/h3-6,12H,7,19H2,1-2H3,(H,20,24)(H,21,22)/t12-/m1/s1. The van der Waals surface area contributed by atoms with Crippen molar-refractivity contribution in [2.75, 3.05) is 5.32 Å². The number of thiophene rings is 1. The molecule has 1 aromatic carbocycles. The second kappa shape index (κ2) is 7.77. The molecule has 0 bridgehead atoms. The Morgan fingerprint density at radius 1 is 1.24 bits per heavy atom. The highest BCUT2D eigenvalue weighted by molar-refractivity contribution is 7.16. The highest BCUT2D eigenvalue weighted by Gasteiger charge is 2.24. The number of anilines is 1. The molecule has 8 heteroatoms. The molecule has 1 aromatic heterocycles. The summed E-state index contributed by atoms with van der Waals surface area (Å²) >= 11 is 7.10. The van der Waals surface area contributed by atoms with E-state index in [2.05, 4.69) is 5.32 Å². The lowest BCUT2D eigenvalue weighted by Gasteiger charge is -2.11. The molecule has 1 atom stereocenters. The van der Waals surface area contributed by atoms with Gasteiger partial charge in [0.1, 0.15) is 5.00 Å². The number of halogens is 1. The van der Waals surface area contributed by atoms with Crippen molar-refractivity contribution >= 4 is 45.6 Å². The van der Waals surface area contributed by atoms with E-state index in [1.165, 1.54) is 11.3 Å². The third-order valence-corrected chi connectivity index (χ3v) is 5.06. The number of carboxylic acids is 1. The first-order valence-electron chi connectivity index (χ1n) is 7.39. The lowest BCUT2D eigenvalue weighted by molar-refractivity contribution is -0.138. The molecule has 0 saturated heterocycles. The second-order valence-electron chi connectivity index (χ2n) is 5.52. The monoisotopic (exact) mass is 380 g/mol. The van der Waals surface area contributed by atoms with Crippen molar-refractivity contribution < 1.29 is 19.5 Å². The van der Waals surface area contributed by atoms with Crippen molar-refractivity contribution in [3.05, 3.63) is 50.9 Å². The number of aryl methyl sites for hydroxylation is 1. The Morgan fingerprint density at radius 3 is 2.40 bits per heavy atom. The van der Waals surface area contributed by atoms with Crippen LogP contribution in [0.25, 0.3) is 0 Å². The van der Waals surface area contributed by atoms with Crippen molar-refractivity contribution in [2.24, 2.45) is 5.73 Å². The van der Waals surface area contributed by atoms with Crippen LogP contribution >= 0.6 is 22.9 Å². The zero-order valence-corrected chi connectivity index (χ0v) is 15.2. The van der Waals surface area contributed by atoms with Gasteiger partial charge in [-0.15, -0.1) is 11.3 Å². The average molecular weight is 381 g/mol. The van der Waals surface area contributed by atoms with Gasteiger partial charge < -0.3 is 16.2 Å². The second-order valence-corrected chi connectivity index (χ2v) is 7.18. The number of nitrogens with two attached hydrogens (primary N) is 1. The van der Waals surface area contributed by atoms with Crippen molar-refractivity contribution in [1.82, 2.24) is 0 Å². The summed E-state index contributed by atoms with van der Waals surface area (Å²) in [7, 11) is 0. The van der Waals surface area contributed by atoms with E-state index in [1.54, 1.807) is 31.2 Å². The molecule has 25 heavy (non-hydrogen) atoms. The number of aliphatic carboxylic acids is 1. The zero-order valence-electron chi connectivity index (χ0n) is 13.6. The molecule has 4 N–H and O–H groups in total. The summed E-state index contributed by atoms with van der Waals surface area (Å²) in [5.41, 5.74) is 7.15. The summed E-state index contributed by atoms with van der Waals surface area (Å²) < 4.78 is 0. The quantitative estimate of drug-likeness (QED) is 0.667. The van der Waals surface area contributed by atoms with Gasteiger partial charge in [-0.05, 0) is 43.7 Å². The number of carbonyl (C=O) groups excluding carboxylic acids is 2. The number of amides is 1. The normalized spacial score (nSPS) is 11.8. The molecule has 1 amide bonds. The molecule has 0 radical (unpaired) electrons.